The molecule has 1 aromatic carbocycles. The van der Waals surface area contributed by atoms with Gasteiger partial charge in [-0.05, 0) is 38.3 Å². The van der Waals surface area contributed by atoms with Crippen LogP contribution in [0.15, 0.2) is 30.3 Å². The Balaban J connectivity index is 1.81. The van der Waals surface area contributed by atoms with Crippen molar-refractivity contribution in [3.05, 3.63) is 35.2 Å². The Morgan fingerprint density at radius 1 is 1.26 bits per heavy atom. The zero-order valence-electron chi connectivity index (χ0n) is 11.7. The monoisotopic (exact) mass is 295 g/mol. The van der Waals surface area contributed by atoms with E-state index in [1.54, 1.807) is 0 Å². The largest absolute Gasteiger partial charge is 0.311 e. The van der Waals surface area contributed by atoms with E-state index in [4.69, 9.17) is 0 Å². The van der Waals surface area contributed by atoms with E-state index in [0.717, 1.165) is 13.1 Å². The topological polar surface area (TPSA) is 29.1 Å². The van der Waals surface area contributed by atoms with Gasteiger partial charge in [-0.1, -0.05) is 18.2 Å². The number of nitrogens with one attached hydrogen (secondary N) is 1. The number of rotatable bonds is 5. The van der Waals surface area contributed by atoms with Crippen molar-refractivity contribution in [3.63, 3.8) is 0 Å². The Morgan fingerprint density at radius 3 is 2.68 bits per heavy atom. The molecule has 0 fully saturated rings. The van der Waals surface area contributed by atoms with Crippen LogP contribution < -0.4 is 5.32 Å². The zero-order valence-corrected chi connectivity index (χ0v) is 13.4. The van der Waals surface area contributed by atoms with Gasteiger partial charge in [-0.25, -0.2) is 0 Å². The molecule has 1 atom stereocenters. The Hall–Kier alpha value is -0.710. The molecule has 104 valence electrons. The minimum atomic E-state index is -0.769. The van der Waals surface area contributed by atoms with Gasteiger partial charge in [0.05, 0.1) is 0 Å². The van der Waals surface area contributed by atoms with Crippen LogP contribution in [-0.2, 0) is 17.3 Å². The molecule has 0 radical (unpaired) electrons. The predicted octanol–water partition coefficient (Wildman–Crippen LogP) is 3.54. The van der Waals surface area contributed by atoms with Crippen LogP contribution in [0.2, 0.25) is 0 Å². The Morgan fingerprint density at radius 2 is 2.00 bits per heavy atom. The van der Waals surface area contributed by atoms with Gasteiger partial charge in [0.15, 0.2) is 0 Å². The van der Waals surface area contributed by atoms with Gasteiger partial charge in [0.1, 0.15) is 0 Å². The highest BCUT2D eigenvalue weighted by Crippen LogP contribution is 2.24. The lowest BCUT2D eigenvalue weighted by atomic mass is 10.2. The molecule has 2 rings (SSSR count). The van der Waals surface area contributed by atoms with E-state index in [1.807, 2.05) is 32.1 Å². The van der Waals surface area contributed by atoms with E-state index in [-0.39, 0.29) is 4.75 Å². The van der Waals surface area contributed by atoms with Gasteiger partial charge in [-0.15, -0.1) is 11.3 Å². The van der Waals surface area contributed by atoms with Crippen molar-refractivity contribution in [2.75, 3.05) is 12.3 Å². The minimum Gasteiger partial charge on any atom is -0.311 e. The second kappa shape index (κ2) is 6.16. The van der Waals surface area contributed by atoms with Gasteiger partial charge in [0.25, 0.3) is 0 Å². The molecular formula is C15H21NOS2. The number of hydrogen-bond donors (Lipinski definition) is 1. The fourth-order valence-corrected chi connectivity index (χ4v) is 3.78. The molecule has 4 heteroatoms. The second-order valence-corrected chi connectivity index (χ2v) is 9.08. The lowest BCUT2D eigenvalue weighted by Crippen LogP contribution is -2.29. The molecule has 0 aliphatic carbocycles. The van der Waals surface area contributed by atoms with Crippen LogP contribution in [0.3, 0.4) is 0 Å². The maximum absolute atomic E-state index is 11.9. The average Bonchev–Trinajstić information content (AvgIpc) is 2.75. The molecule has 1 heterocycles. The first-order chi connectivity index (χ1) is 8.97. The third-order valence-electron chi connectivity index (χ3n) is 2.92. The first-order valence-corrected chi connectivity index (χ1v) is 8.67. The fourth-order valence-electron chi connectivity index (χ4n) is 1.81. The quantitative estimate of drug-likeness (QED) is 0.855. The number of hydrogen-bond acceptors (Lipinski definition) is 3. The second-order valence-electron chi connectivity index (χ2n) is 5.59. The van der Waals surface area contributed by atoms with E-state index in [0.29, 0.717) is 5.75 Å². The first kappa shape index (κ1) is 14.7. The summed E-state index contributed by atoms with van der Waals surface area (Å²) in [5, 5.41) is 4.69. The molecule has 0 amide bonds. The summed E-state index contributed by atoms with van der Waals surface area (Å²) < 4.78 is 13.1. The Bertz CT molecular complexity index is 536. The van der Waals surface area contributed by atoms with Crippen molar-refractivity contribution >= 4 is 32.2 Å². The van der Waals surface area contributed by atoms with Gasteiger partial charge in [0, 0.05) is 44.0 Å². The van der Waals surface area contributed by atoms with Crippen LogP contribution in [-0.4, -0.2) is 21.3 Å². The molecule has 1 aromatic heterocycles. The summed E-state index contributed by atoms with van der Waals surface area (Å²) >= 11 is 1.82. The molecule has 2 nitrogen and oxygen atoms in total. The summed E-state index contributed by atoms with van der Waals surface area (Å²) in [7, 11) is -0.769. The van der Waals surface area contributed by atoms with E-state index in [1.165, 1.54) is 15.0 Å². The van der Waals surface area contributed by atoms with Crippen molar-refractivity contribution in [3.8, 4) is 0 Å². The van der Waals surface area contributed by atoms with Crippen molar-refractivity contribution in [2.45, 2.75) is 32.1 Å². The van der Waals surface area contributed by atoms with Gasteiger partial charge < -0.3 is 5.32 Å². The normalized spacial score (nSPS) is 13.8. The standard InChI is InChI=1S/C15H21NOS2/c1-15(2,3)19(17)9-8-16-11-13-10-12-6-4-5-7-14(12)18-13/h4-7,10,16H,8-9,11H2,1-3H3/t19-/m0/s1. The highest BCUT2D eigenvalue weighted by atomic mass is 32.2. The van der Waals surface area contributed by atoms with Crippen molar-refractivity contribution in [1.82, 2.24) is 5.32 Å². The van der Waals surface area contributed by atoms with E-state index >= 15 is 0 Å². The van der Waals surface area contributed by atoms with Gasteiger partial charge in [0.2, 0.25) is 0 Å². The van der Waals surface area contributed by atoms with Gasteiger partial charge in [-0.3, -0.25) is 4.21 Å². The molecule has 0 saturated carbocycles. The molecule has 0 saturated heterocycles. The predicted molar refractivity (Wildman–Crippen MR) is 86.3 cm³/mol. The minimum absolute atomic E-state index is 0.112. The number of thiophene rings is 1. The summed E-state index contributed by atoms with van der Waals surface area (Å²) in [5.41, 5.74) is 0. The maximum atomic E-state index is 11.9. The fraction of sp³-hybridized carbons (Fsp3) is 0.467. The van der Waals surface area contributed by atoms with Crippen LogP contribution >= 0.6 is 11.3 Å². The molecule has 1 N–H and O–H groups in total. The zero-order chi connectivity index (χ0) is 13.9. The molecule has 19 heavy (non-hydrogen) atoms. The smallest absolute Gasteiger partial charge is 0.0375 e. The number of benzene rings is 1. The van der Waals surface area contributed by atoms with Crippen LogP contribution in [0.4, 0.5) is 0 Å². The van der Waals surface area contributed by atoms with Crippen LogP contribution in [0.1, 0.15) is 25.6 Å². The lowest BCUT2D eigenvalue weighted by Gasteiger charge is -2.17. The summed E-state index contributed by atoms with van der Waals surface area (Å²) in [6.45, 7) is 7.73. The van der Waals surface area contributed by atoms with E-state index < -0.39 is 10.8 Å². The van der Waals surface area contributed by atoms with Crippen LogP contribution in [0.5, 0.6) is 0 Å². The molecule has 0 spiro atoms. The Kier molecular flexibility index (Phi) is 4.76. The summed E-state index contributed by atoms with van der Waals surface area (Å²) in [4.78, 5) is 1.34. The Labute approximate surface area is 121 Å². The van der Waals surface area contributed by atoms with E-state index in [9.17, 15) is 4.21 Å². The van der Waals surface area contributed by atoms with Gasteiger partial charge in [-0.2, -0.15) is 0 Å². The molecule has 0 aliphatic heterocycles. The molecular weight excluding hydrogens is 274 g/mol. The molecule has 0 bridgehead atoms. The van der Waals surface area contributed by atoms with Crippen LogP contribution in [0, 0.1) is 0 Å². The SMILES string of the molecule is CC(C)(C)[S@@](=O)CCNCc1cc2ccccc2s1. The van der Waals surface area contributed by atoms with Crippen molar-refractivity contribution in [2.24, 2.45) is 0 Å². The third-order valence-corrected chi connectivity index (χ3v) is 5.98. The van der Waals surface area contributed by atoms with Crippen LogP contribution in [0.25, 0.3) is 10.1 Å². The summed E-state index contributed by atoms with van der Waals surface area (Å²) in [6.07, 6.45) is 0. The highest BCUT2D eigenvalue weighted by Gasteiger charge is 2.18. The van der Waals surface area contributed by atoms with E-state index in [2.05, 4.69) is 35.6 Å². The van der Waals surface area contributed by atoms with Crippen molar-refractivity contribution in [1.29, 1.82) is 0 Å². The summed E-state index contributed by atoms with van der Waals surface area (Å²) in [5.74, 6) is 0.717. The average molecular weight is 295 g/mol. The highest BCUT2D eigenvalue weighted by molar-refractivity contribution is 7.86. The maximum Gasteiger partial charge on any atom is 0.0375 e. The summed E-state index contributed by atoms with van der Waals surface area (Å²) in [6, 6.07) is 10.7. The molecule has 0 unspecified atom stereocenters. The molecule has 0 aliphatic rings. The van der Waals surface area contributed by atoms with Crippen molar-refractivity contribution < 1.29 is 4.21 Å². The first-order valence-electron chi connectivity index (χ1n) is 6.53. The number of fused-ring (bicyclic) bond motifs is 1. The van der Waals surface area contributed by atoms with Gasteiger partial charge >= 0.3 is 0 Å². The third kappa shape index (κ3) is 4.13. The lowest BCUT2D eigenvalue weighted by molar-refractivity contribution is 0.641. The molecule has 2 aromatic rings.